The van der Waals surface area contributed by atoms with Crippen LogP contribution in [0.25, 0.3) is 0 Å². The molecular weight excluding hydrogens is 256 g/mol. The SMILES string of the molecule is CCC(C)N1CC(CC(C)(C)C)CC(NCC(C)(C)C)C1. The van der Waals surface area contributed by atoms with Crippen molar-refractivity contribution in [3.8, 4) is 0 Å². The van der Waals surface area contributed by atoms with Crippen molar-refractivity contribution in [2.45, 2.75) is 86.7 Å². The van der Waals surface area contributed by atoms with Gasteiger partial charge in [0.25, 0.3) is 0 Å². The lowest BCUT2D eigenvalue weighted by molar-refractivity contribution is 0.0797. The van der Waals surface area contributed by atoms with Crippen molar-refractivity contribution in [3.05, 3.63) is 0 Å². The first-order valence-electron chi connectivity index (χ1n) is 8.97. The van der Waals surface area contributed by atoms with Gasteiger partial charge in [-0.3, -0.25) is 4.90 Å². The lowest BCUT2D eigenvalue weighted by Crippen LogP contribution is -2.53. The van der Waals surface area contributed by atoms with Gasteiger partial charge in [-0.25, -0.2) is 0 Å². The number of hydrogen-bond donors (Lipinski definition) is 1. The lowest BCUT2D eigenvalue weighted by Gasteiger charge is -2.43. The van der Waals surface area contributed by atoms with E-state index in [1.807, 2.05) is 0 Å². The number of nitrogens with zero attached hydrogens (tertiary/aromatic N) is 1. The van der Waals surface area contributed by atoms with Gasteiger partial charge >= 0.3 is 0 Å². The zero-order chi connectivity index (χ0) is 16.3. The third-order valence-corrected chi connectivity index (χ3v) is 4.60. The van der Waals surface area contributed by atoms with Crippen LogP contribution in [0.3, 0.4) is 0 Å². The first-order chi connectivity index (χ1) is 9.50. The van der Waals surface area contributed by atoms with Crippen LogP contribution in [0.5, 0.6) is 0 Å². The molecule has 21 heavy (non-hydrogen) atoms. The highest BCUT2D eigenvalue weighted by Crippen LogP contribution is 2.31. The van der Waals surface area contributed by atoms with Crippen molar-refractivity contribution in [2.24, 2.45) is 16.7 Å². The zero-order valence-corrected chi connectivity index (χ0v) is 15.9. The molecule has 0 radical (unpaired) electrons. The highest BCUT2D eigenvalue weighted by Gasteiger charge is 2.31. The second-order valence-electron chi connectivity index (χ2n) is 9.72. The summed E-state index contributed by atoms with van der Waals surface area (Å²) < 4.78 is 0. The number of likely N-dealkylation sites (tertiary alicyclic amines) is 1. The molecule has 0 spiro atoms. The number of nitrogens with one attached hydrogen (secondary N) is 1. The molecule has 1 N–H and O–H groups in total. The van der Waals surface area contributed by atoms with Gasteiger partial charge < -0.3 is 5.32 Å². The predicted octanol–water partition coefficient (Wildman–Crippen LogP) is 4.55. The van der Waals surface area contributed by atoms with Crippen molar-refractivity contribution >= 4 is 0 Å². The van der Waals surface area contributed by atoms with Gasteiger partial charge in [0.2, 0.25) is 0 Å². The van der Waals surface area contributed by atoms with Gasteiger partial charge in [0.05, 0.1) is 0 Å². The first-order valence-corrected chi connectivity index (χ1v) is 8.97. The van der Waals surface area contributed by atoms with Crippen LogP contribution < -0.4 is 5.32 Å². The summed E-state index contributed by atoms with van der Waals surface area (Å²) >= 11 is 0. The fraction of sp³-hybridized carbons (Fsp3) is 1.00. The molecule has 0 bridgehead atoms. The molecular formula is C19H40N2. The van der Waals surface area contributed by atoms with Crippen LogP contribution in [0.15, 0.2) is 0 Å². The summed E-state index contributed by atoms with van der Waals surface area (Å²) in [6.45, 7) is 22.5. The summed E-state index contributed by atoms with van der Waals surface area (Å²) in [7, 11) is 0. The summed E-state index contributed by atoms with van der Waals surface area (Å²) in [4.78, 5) is 2.72. The highest BCUT2D eigenvalue weighted by molar-refractivity contribution is 4.88. The molecule has 3 unspecified atom stereocenters. The molecule has 2 heteroatoms. The van der Waals surface area contributed by atoms with Crippen LogP contribution >= 0.6 is 0 Å². The van der Waals surface area contributed by atoms with Crippen LogP contribution in [0, 0.1) is 16.7 Å². The molecule has 3 atom stereocenters. The summed E-state index contributed by atoms with van der Waals surface area (Å²) in [5.41, 5.74) is 0.815. The van der Waals surface area contributed by atoms with E-state index in [9.17, 15) is 0 Å². The van der Waals surface area contributed by atoms with Crippen LogP contribution in [0.4, 0.5) is 0 Å². The van der Waals surface area contributed by atoms with E-state index in [4.69, 9.17) is 0 Å². The minimum atomic E-state index is 0.373. The van der Waals surface area contributed by atoms with Gasteiger partial charge in [-0.05, 0) is 42.9 Å². The Balaban J connectivity index is 2.65. The molecule has 0 amide bonds. The number of piperidine rings is 1. The lowest BCUT2D eigenvalue weighted by atomic mass is 9.79. The number of rotatable bonds is 5. The minimum Gasteiger partial charge on any atom is -0.312 e. The normalized spacial score (nSPS) is 26.9. The largest absolute Gasteiger partial charge is 0.312 e. The molecule has 1 rings (SSSR count). The maximum absolute atomic E-state index is 3.84. The molecule has 0 saturated carbocycles. The molecule has 1 heterocycles. The van der Waals surface area contributed by atoms with E-state index in [0.717, 1.165) is 12.5 Å². The maximum atomic E-state index is 3.84. The van der Waals surface area contributed by atoms with Crippen molar-refractivity contribution < 1.29 is 0 Å². The summed E-state index contributed by atoms with van der Waals surface area (Å²) in [6, 6.07) is 1.38. The molecule has 0 aromatic carbocycles. The predicted molar refractivity (Wildman–Crippen MR) is 94.8 cm³/mol. The monoisotopic (exact) mass is 296 g/mol. The van der Waals surface area contributed by atoms with E-state index < -0.39 is 0 Å². The molecule has 0 aromatic heterocycles. The summed E-state index contributed by atoms with van der Waals surface area (Å²) in [5, 5.41) is 3.84. The molecule has 1 fully saturated rings. The molecule has 0 aliphatic carbocycles. The van der Waals surface area contributed by atoms with Gasteiger partial charge in [0, 0.05) is 31.7 Å². The molecule has 1 aliphatic rings. The van der Waals surface area contributed by atoms with E-state index >= 15 is 0 Å². The van der Waals surface area contributed by atoms with Gasteiger partial charge in [-0.15, -0.1) is 0 Å². The molecule has 0 aromatic rings. The second-order valence-corrected chi connectivity index (χ2v) is 9.72. The number of hydrogen-bond acceptors (Lipinski definition) is 2. The first kappa shape index (κ1) is 19.0. The van der Waals surface area contributed by atoms with Crippen LogP contribution in [0.2, 0.25) is 0 Å². The Morgan fingerprint density at radius 2 is 1.67 bits per heavy atom. The van der Waals surface area contributed by atoms with E-state index in [1.54, 1.807) is 0 Å². The maximum Gasteiger partial charge on any atom is 0.0198 e. The smallest absolute Gasteiger partial charge is 0.0198 e. The Labute approximate surface area is 134 Å². The van der Waals surface area contributed by atoms with E-state index in [-0.39, 0.29) is 0 Å². The highest BCUT2D eigenvalue weighted by atomic mass is 15.2. The summed E-state index contributed by atoms with van der Waals surface area (Å²) in [5.74, 6) is 0.838. The minimum absolute atomic E-state index is 0.373. The van der Waals surface area contributed by atoms with Crippen LogP contribution in [-0.4, -0.2) is 36.6 Å². The topological polar surface area (TPSA) is 15.3 Å². The molecule has 1 saturated heterocycles. The fourth-order valence-electron chi connectivity index (χ4n) is 3.47. The van der Waals surface area contributed by atoms with Crippen molar-refractivity contribution in [1.29, 1.82) is 0 Å². The van der Waals surface area contributed by atoms with Crippen LogP contribution in [-0.2, 0) is 0 Å². The quantitative estimate of drug-likeness (QED) is 0.801. The average Bonchev–Trinajstić information content (AvgIpc) is 2.32. The standard InChI is InChI=1S/C19H40N2/c1-9-15(2)21-12-16(11-18(3,4)5)10-17(13-21)20-14-19(6,7)8/h15-17,20H,9-14H2,1-8H3. The second kappa shape index (κ2) is 7.46. The molecule has 126 valence electrons. The summed E-state index contributed by atoms with van der Waals surface area (Å²) in [6.07, 6.45) is 3.95. The zero-order valence-electron chi connectivity index (χ0n) is 15.9. The van der Waals surface area contributed by atoms with Gasteiger partial charge in [0.1, 0.15) is 0 Å². The third kappa shape index (κ3) is 7.65. The van der Waals surface area contributed by atoms with Crippen molar-refractivity contribution in [3.63, 3.8) is 0 Å². The Morgan fingerprint density at radius 1 is 1.05 bits per heavy atom. The Hall–Kier alpha value is -0.0800. The third-order valence-electron chi connectivity index (χ3n) is 4.60. The Kier molecular flexibility index (Phi) is 6.74. The fourth-order valence-corrected chi connectivity index (χ4v) is 3.47. The molecule has 1 aliphatic heterocycles. The van der Waals surface area contributed by atoms with Gasteiger partial charge in [-0.2, -0.15) is 0 Å². The average molecular weight is 297 g/mol. The Morgan fingerprint density at radius 3 is 2.14 bits per heavy atom. The van der Waals surface area contributed by atoms with Crippen molar-refractivity contribution in [1.82, 2.24) is 10.2 Å². The van der Waals surface area contributed by atoms with E-state index in [2.05, 4.69) is 65.6 Å². The Bertz CT molecular complexity index is 298. The van der Waals surface area contributed by atoms with Crippen LogP contribution in [0.1, 0.15) is 74.7 Å². The van der Waals surface area contributed by atoms with Gasteiger partial charge in [0.15, 0.2) is 0 Å². The van der Waals surface area contributed by atoms with E-state index in [0.29, 0.717) is 22.9 Å². The molecule has 2 nitrogen and oxygen atoms in total. The van der Waals surface area contributed by atoms with E-state index in [1.165, 1.54) is 32.4 Å². The van der Waals surface area contributed by atoms with Gasteiger partial charge in [-0.1, -0.05) is 48.5 Å². The van der Waals surface area contributed by atoms with Crippen molar-refractivity contribution in [2.75, 3.05) is 19.6 Å².